The van der Waals surface area contributed by atoms with E-state index in [1.807, 2.05) is 0 Å². The van der Waals surface area contributed by atoms with Crippen molar-refractivity contribution in [2.75, 3.05) is 5.32 Å². The molecule has 0 spiro atoms. The molecule has 1 N–H and O–H groups in total. The quantitative estimate of drug-likeness (QED) is 0.617. The normalized spacial score (nSPS) is 11.3. The van der Waals surface area contributed by atoms with E-state index >= 15 is 0 Å². The van der Waals surface area contributed by atoms with E-state index in [9.17, 15) is 26.4 Å². The van der Waals surface area contributed by atoms with Gasteiger partial charge in [0.05, 0.1) is 4.90 Å². The van der Waals surface area contributed by atoms with Crippen molar-refractivity contribution < 1.29 is 31.1 Å². The molecule has 0 atom stereocenters. The van der Waals surface area contributed by atoms with Crippen molar-refractivity contribution >= 4 is 21.4 Å². The summed E-state index contributed by atoms with van der Waals surface area (Å²) in [6, 6.07) is 16.1. The van der Waals surface area contributed by atoms with Gasteiger partial charge in [-0.05, 0) is 60.7 Å². The lowest BCUT2D eigenvalue weighted by Crippen LogP contribution is -2.14. The smallest absolute Gasteiger partial charge is 0.341 e. The Balaban J connectivity index is 1.66. The molecule has 0 aliphatic rings. The summed E-state index contributed by atoms with van der Waals surface area (Å²) in [5, 5.41) is 2.59. The maximum Gasteiger partial charge on any atom is 0.341 e. The van der Waals surface area contributed by atoms with Crippen LogP contribution in [0, 0.1) is 5.82 Å². The number of hydrogen-bond donors (Lipinski definition) is 1. The Morgan fingerprint density at radius 3 is 2.14 bits per heavy atom. The standard InChI is InChI=1S/C20H14F3NO4S/c21-14-2-1-3-17(12-14)28-16-8-6-15(7-9-16)24-19(25)13-4-10-18(11-5-13)29(26,27)20(22)23/h1-12,20H,(H,24,25). The minimum Gasteiger partial charge on any atom is -0.457 e. The molecule has 0 aromatic heterocycles. The molecule has 3 rings (SSSR count). The van der Waals surface area contributed by atoms with Gasteiger partial charge in [0.1, 0.15) is 17.3 Å². The Kier molecular flexibility index (Phi) is 5.88. The fourth-order valence-electron chi connectivity index (χ4n) is 2.38. The number of hydrogen-bond acceptors (Lipinski definition) is 4. The number of alkyl halides is 2. The van der Waals surface area contributed by atoms with Crippen LogP contribution in [0.3, 0.4) is 0 Å². The van der Waals surface area contributed by atoms with E-state index in [0.717, 1.165) is 24.3 Å². The summed E-state index contributed by atoms with van der Waals surface area (Å²) >= 11 is 0. The molecule has 0 bridgehead atoms. The Labute approximate surface area is 164 Å². The van der Waals surface area contributed by atoms with Gasteiger partial charge in [0.15, 0.2) is 0 Å². The summed E-state index contributed by atoms with van der Waals surface area (Å²) in [6.07, 6.45) is 0. The van der Waals surface area contributed by atoms with Crippen molar-refractivity contribution in [1.29, 1.82) is 0 Å². The van der Waals surface area contributed by atoms with Crippen LogP contribution in [0.15, 0.2) is 77.7 Å². The Hall–Kier alpha value is -3.33. The zero-order chi connectivity index (χ0) is 21.0. The second-order valence-corrected chi connectivity index (χ2v) is 7.79. The fourth-order valence-corrected chi connectivity index (χ4v) is 3.10. The van der Waals surface area contributed by atoms with Gasteiger partial charge in [-0.25, -0.2) is 12.8 Å². The van der Waals surface area contributed by atoms with Gasteiger partial charge in [-0.1, -0.05) is 6.07 Å². The number of rotatable bonds is 6. The molecule has 150 valence electrons. The number of amides is 1. The van der Waals surface area contributed by atoms with Crippen molar-refractivity contribution in [2.45, 2.75) is 10.7 Å². The third-order valence-electron chi connectivity index (χ3n) is 3.82. The lowest BCUT2D eigenvalue weighted by Gasteiger charge is -2.09. The number of carbonyl (C=O) groups excluding carboxylic acids is 1. The van der Waals surface area contributed by atoms with Crippen molar-refractivity contribution in [1.82, 2.24) is 0 Å². The van der Waals surface area contributed by atoms with Crippen LogP contribution >= 0.6 is 0 Å². The average Bonchev–Trinajstić information content (AvgIpc) is 2.69. The Morgan fingerprint density at radius 1 is 0.897 bits per heavy atom. The molecule has 0 heterocycles. The molecule has 9 heteroatoms. The zero-order valence-electron chi connectivity index (χ0n) is 14.7. The second-order valence-electron chi connectivity index (χ2n) is 5.87. The number of ether oxygens (including phenoxy) is 1. The molecule has 5 nitrogen and oxygen atoms in total. The van der Waals surface area contributed by atoms with Gasteiger partial charge in [-0.15, -0.1) is 0 Å². The minimum atomic E-state index is -4.71. The lowest BCUT2D eigenvalue weighted by atomic mass is 10.2. The van der Waals surface area contributed by atoms with E-state index in [-0.39, 0.29) is 5.56 Å². The van der Waals surface area contributed by atoms with E-state index in [4.69, 9.17) is 4.74 Å². The van der Waals surface area contributed by atoms with Gasteiger partial charge in [-0.2, -0.15) is 8.78 Å². The van der Waals surface area contributed by atoms with Crippen molar-refractivity contribution in [3.05, 3.63) is 84.2 Å². The van der Waals surface area contributed by atoms with Crippen molar-refractivity contribution in [3.8, 4) is 11.5 Å². The first-order valence-electron chi connectivity index (χ1n) is 8.23. The van der Waals surface area contributed by atoms with Gasteiger partial charge in [-0.3, -0.25) is 4.79 Å². The summed E-state index contributed by atoms with van der Waals surface area (Å²) in [5.41, 5.74) is 0.518. The minimum absolute atomic E-state index is 0.0957. The van der Waals surface area contributed by atoms with Crippen LogP contribution in [0.2, 0.25) is 0 Å². The van der Waals surface area contributed by atoms with Crippen LogP contribution in [-0.2, 0) is 9.84 Å². The molecule has 0 unspecified atom stereocenters. The first-order valence-corrected chi connectivity index (χ1v) is 9.77. The van der Waals surface area contributed by atoms with Crippen LogP contribution in [0.1, 0.15) is 10.4 Å². The van der Waals surface area contributed by atoms with Crippen LogP contribution in [0.5, 0.6) is 11.5 Å². The molecular weight excluding hydrogens is 407 g/mol. The van der Waals surface area contributed by atoms with Gasteiger partial charge in [0, 0.05) is 17.3 Å². The third-order valence-corrected chi connectivity index (χ3v) is 5.22. The molecule has 0 aliphatic heterocycles. The number of nitrogens with one attached hydrogen (secondary N) is 1. The topological polar surface area (TPSA) is 72.5 Å². The van der Waals surface area contributed by atoms with E-state index in [0.29, 0.717) is 17.2 Å². The van der Waals surface area contributed by atoms with Gasteiger partial charge >= 0.3 is 5.76 Å². The van der Waals surface area contributed by atoms with E-state index in [1.165, 1.54) is 18.2 Å². The maximum atomic E-state index is 13.2. The molecular formula is C20H14F3NO4S. The lowest BCUT2D eigenvalue weighted by molar-refractivity contribution is 0.102. The Bertz CT molecular complexity index is 1120. The summed E-state index contributed by atoms with van der Waals surface area (Å²) < 4.78 is 66.6. The molecule has 1 amide bonds. The highest BCUT2D eigenvalue weighted by molar-refractivity contribution is 7.91. The van der Waals surface area contributed by atoms with E-state index < -0.39 is 32.2 Å². The second kappa shape index (κ2) is 8.36. The molecule has 0 fully saturated rings. The maximum absolute atomic E-state index is 13.2. The zero-order valence-corrected chi connectivity index (χ0v) is 15.5. The predicted octanol–water partition coefficient (Wildman–Crippen LogP) is 4.87. The van der Waals surface area contributed by atoms with E-state index in [2.05, 4.69) is 5.32 Å². The molecule has 29 heavy (non-hydrogen) atoms. The molecule has 3 aromatic carbocycles. The largest absolute Gasteiger partial charge is 0.457 e. The Morgan fingerprint density at radius 2 is 1.55 bits per heavy atom. The molecule has 3 aromatic rings. The van der Waals surface area contributed by atoms with Gasteiger partial charge in [0.25, 0.3) is 5.91 Å². The fraction of sp³-hybridized carbons (Fsp3) is 0.0500. The van der Waals surface area contributed by atoms with Crippen LogP contribution in [0.25, 0.3) is 0 Å². The number of benzene rings is 3. The first-order chi connectivity index (χ1) is 13.8. The number of carbonyl (C=O) groups is 1. The molecule has 0 aliphatic carbocycles. The summed E-state index contributed by atoms with van der Waals surface area (Å²) in [5.74, 6) is -3.77. The van der Waals surface area contributed by atoms with Crippen molar-refractivity contribution in [2.24, 2.45) is 0 Å². The molecule has 0 saturated heterocycles. The summed E-state index contributed by atoms with van der Waals surface area (Å²) in [4.78, 5) is 11.7. The van der Waals surface area contributed by atoms with Crippen LogP contribution < -0.4 is 10.1 Å². The highest BCUT2D eigenvalue weighted by Gasteiger charge is 2.26. The molecule has 0 saturated carbocycles. The van der Waals surface area contributed by atoms with Gasteiger partial charge < -0.3 is 10.1 Å². The number of sulfone groups is 1. The highest BCUT2D eigenvalue weighted by atomic mass is 32.2. The highest BCUT2D eigenvalue weighted by Crippen LogP contribution is 2.24. The summed E-state index contributed by atoms with van der Waals surface area (Å²) in [6.45, 7) is 0. The average molecular weight is 421 g/mol. The van der Waals surface area contributed by atoms with Crippen molar-refractivity contribution in [3.63, 3.8) is 0 Å². The van der Waals surface area contributed by atoms with Crippen LogP contribution in [-0.4, -0.2) is 20.1 Å². The summed E-state index contributed by atoms with van der Waals surface area (Å²) in [7, 11) is -4.71. The number of anilines is 1. The molecule has 0 radical (unpaired) electrons. The van der Waals surface area contributed by atoms with Gasteiger partial charge in [0.2, 0.25) is 9.84 Å². The first kappa shape index (κ1) is 20.4. The number of halogens is 3. The SMILES string of the molecule is O=C(Nc1ccc(Oc2cccc(F)c2)cc1)c1ccc(S(=O)(=O)C(F)F)cc1. The third kappa shape index (κ3) is 4.94. The monoisotopic (exact) mass is 421 g/mol. The van der Waals surface area contributed by atoms with E-state index in [1.54, 1.807) is 30.3 Å². The van der Waals surface area contributed by atoms with Crippen LogP contribution in [0.4, 0.5) is 18.9 Å². The predicted molar refractivity (Wildman–Crippen MR) is 101 cm³/mol.